The first kappa shape index (κ1) is 27.9. The Bertz CT molecular complexity index is 954. The van der Waals surface area contributed by atoms with E-state index in [1.165, 1.54) is 26.0 Å². The number of hydrogen-bond donors (Lipinski definition) is 2. The van der Waals surface area contributed by atoms with Gasteiger partial charge in [-0.15, -0.1) is 0 Å². The predicted molar refractivity (Wildman–Crippen MR) is 121 cm³/mol. The van der Waals surface area contributed by atoms with Crippen LogP contribution < -0.4 is 10.1 Å². The lowest BCUT2D eigenvalue weighted by atomic mass is 9.86. The second kappa shape index (κ2) is 11.4. The minimum absolute atomic E-state index is 0.0771. The fourth-order valence-corrected chi connectivity index (χ4v) is 3.71. The first-order valence-electron chi connectivity index (χ1n) is 11.1. The third kappa shape index (κ3) is 7.84. The molecule has 0 unspecified atom stereocenters. The zero-order chi connectivity index (χ0) is 26.5. The SMILES string of the molecule is CC(=O)N[C@H]1[C@H](Oc2ccc(O)c(C(C)(C)C)c2)O[C@H](COC(C)=O)[C@@H](OC(C)=O)[C@@H]1OC(C)=O. The number of amides is 1. The Labute approximate surface area is 204 Å². The molecule has 1 aliphatic heterocycles. The topological polar surface area (TPSA) is 147 Å². The van der Waals surface area contributed by atoms with Crippen molar-refractivity contribution in [2.45, 2.75) is 84.5 Å². The zero-order valence-corrected chi connectivity index (χ0v) is 20.9. The molecule has 0 spiro atoms. The lowest BCUT2D eigenvalue weighted by Crippen LogP contribution is -2.67. The minimum atomic E-state index is -1.24. The highest BCUT2D eigenvalue weighted by Gasteiger charge is 2.52. The van der Waals surface area contributed by atoms with Crippen LogP contribution in [0.15, 0.2) is 18.2 Å². The van der Waals surface area contributed by atoms with E-state index in [2.05, 4.69) is 5.32 Å². The second-order valence-electron chi connectivity index (χ2n) is 9.27. The Morgan fingerprint density at radius 2 is 1.57 bits per heavy atom. The number of ether oxygens (including phenoxy) is 5. The van der Waals surface area contributed by atoms with E-state index in [1.807, 2.05) is 20.8 Å². The third-order valence-electron chi connectivity index (χ3n) is 5.10. The highest BCUT2D eigenvalue weighted by Crippen LogP contribution is 2.35. The Kier molecular flexibility index (Phi) is 9.08. The van der Waals surface area contributed by atoms with E-state index in [0.29, 0.717) is 11.3 Å². The van der Waals surface area contributed by atoms with Gasteiger partial charge in [0.15, 0.2) is 12.2 Å². The molecule has 194 valence electrons. The maximum atomic E-state index is 12.0. The molecule has 1 fully saturated rings. The summed E-state index contributed by atoms with van der Waals surface area (Å²) in [6.45, 7) is 10.2. The zero-order valence-electron chi connectivity index (χ0n) is 20.9. The highest BCUT2D eigenvalue weighted by molar-refractivity contribution is 5.73. The molecular weight excluding hydrogens is 462 g/mol. The van der Waals surface area contributed by atoms with Crippen molar-refractivity contribution in [3.8, 4) is 11.5 Å². The summed E-state index contributed by atoms with van der Waals surface area (Å²) in [4.78, 5) is 47.2. The third-order valence-corrected chi connectivity index (χ3v) is 5.10. The van der Waals surface area contributed by atoms with Gasteiger partial charge < -0.3 is 34.1 Å². The molecule has 11 heteroatoms. The van der Waals surface area contributed by atoms with Crippen LogP contribution in [0.1, 0.15) is 54.0 Å². The van der Waals surface area contributed by atoms with E-state index in [9.17, 15) is 24.3 Å². The van der Waals surface area contributed by atoms with Gasteiger partial charge in [-0.2, -0.15) is 0 Å². The molecule has 1 aromatic carbocycles. The summed E-state index contributed by atoms with van der Waals surface area (Å²) in [5, 5.41) is 12.9. The van der Waals surface area contributed by atoms with Crippen LogP contribution in [0.2, 0.25) is 0 Å². The molecule has 0 aliphatic carbocycles. The van der Waals surface area contributed by atoms with E-state index in [1.54, 1.807) is 6.07 Å². The number of aromatic hydroxyl groups is 1. The lowest BCUT2D eigenvalue weighted by molar-refractivity contribution is -0.257. The fraction of sp³-hybridized carbons (Fsp3) is 0.583. The average molecular weight is 496 g/mol. The molecular formula is C24H33NO10. The van der Waals surface area contributed by atoms with Crippen LogP contribution in [-0.2, 0) is 43.5 Å². The normalized spacial score (nSPS) is 24.1. The van der Waals surface area contributed by atoms with Crippen LogP contribution in [0.4, 0.5) is 0 Å². The van der Waals surface area contributed by atoms with E-state index in [-0.39, 0.29) is 12.4 Å². The largest absolute Gasteiger partial charge is 0.508 e. The van der Waals surface area contributed by atoms with Crippen molar-refractivity contribution >= 4 is 23.8 Å². The molecule has 1 aromatic rings. The standard InChI is InChI=1S/C24H33NO10/c1-12(26)25-20-22(33-15(4)29)21(32-14(3)28)19(11-31-13(2)27)35-23(20)34-16-8-9-18(30)17(10-16)24(5,6)7/h8-10,19-23,30H,11H2,1-7H3,(H,25,26)/t19-,20-,21-,22-,23-/m1/s1. The van der Waals surface area contributed by atoms with Crippen molar-refractivity contribution < 1.29 is 48.0 Å². The van der Waals surface area contributed by atoms with Gasteiger partial charge in [-0.1, -0.05) is 20.8 Å². The van der Waals surface area contributed by atoms with Crippen LogP contribution in [0.25, 0.3) is 0 Å². The maximum absolute atomic E-state index is 12.0. The molecule has 0 saturated carbocycles. The van der Waals surface area contributed by atoms with Crippen LogP contribution >= 0.6 is 0 Å². The van der Waals surface area contributed by atoms with E-state index >= 15 is 0 Å². The van der Waals surface area contributed by atoms with Gasteiger partial charge in [0.05, 0.1) is 0 Å². The van der Waals surface area contributed by atoms with Crippen LogP contribution in [0.5, 0.6) is 11.5 Å². The van der Waals surface area contributed by atoms with Crippen molar-refractivity contribution in [2.75, 3.05) is 6.61 Å². The van der Waals surface area contributed by atoms with Gasteiger partial charge in [0.25, 0.3) is 0 Å². The predicted octanol–water partition coefficient (Wildman–Crippen LogP) is 1.72. The summed E-state index contributed by atoms with van der Waals surface area (Å²) in [6, 6.07) is 3.51. The number of carbonyl (C=O) groups is 4. The van der Waals surface area contributed by atoms with Gasteiger partial charge in [0.2, 0.25) is 12.2 Å². The average Bonchev–Trinajstić information content (AvgIpc) is 2.70. The van der Waals surface area contributed by atoms with E-state index < -0.39 is 59.9 Å². The van der Waals surface area contributed by atoms with Crippen molar-refractivity contribution in [3.05, 3.63) is 23.8 Å². The van der Waals surface area contributed by atoms with Crippen molar-refractivity contribution in [1.29, 1.82) is 0 Å². The van der Waals surface area contributed by atoms with Crippen LogP contribution in [0, 0.1) is 0 Å². The molecule has 2 rings (SSSR count). The molecule has 0 bridgehead atoms. The van der Waals surface area contributed by atoms with Crippen molar-refractivity contribution in [1.82, 2.24) is 5.32 Å². The summed E-state index contributed by atoms with van der Waals surface area (Å²) < 4.78 is 27.9. The number of hydrogen-bond acceptors (Lipinski definition) is 10. The molecule has 1 saturated heterocycles. The smallest absolute Gasteiger partial charge is 0.303 e. The van der Waals surface area contributed by atoms with Gasteiger partial charge in [-0.05, 0) is 23.6 Å². The first-order valence-corrected chi connectivity index (χ1v) is 11.1. The van der Waals surface area contributed by atoms with Crippen molar-refractivity contribution in [2.24, 2.45) is 0 Å². The van der Waals surface area contributed by atoms with Crippen molar-refractivity contribution in [3.63, 3.8) is 0 Å². The summed E-state index contributed by atoms with van der Waals surface area (Å²) >= 11 is 0. The summed E-state index contributed by atoms with van der Waals surface area (Å²) in [5.74, 6) is -2.11. The minimum Gasteiger partial charge on any atom is -0.508 e. The van der Waals surface area contributed by atoms with Gasteiger partial charge in [0, 0.05) is 33.3 Å². The van der Waals surface area contributed by atoms with Gasteiger partial charge in [-0.25, -0.2) is 0 Å². The Balaban J connectivity index is 2.51. The molecule has 5 atom stereocenters. The Morgan fingerprint density at radius 1 is 0.971 bits per heavy atom. The van der Waals surface area contributed by atoms with Gasteiger partial charge in [0.1, 0.15) is 30.3 Å². The molecule has 0 aromatic heterocycles. The number of nitrogens with one attached hydrogen (secondary N) is 1. The number of esters is 3. The number of rotatable bonds is 7. The van der Waals surface area contributed by atoms with E-state index in [4.69, 9.17) is 23.7 Å². The monoisotopic (exact) mass is 495 g/mol. The lowest BCUT2D eigenvalue weighted by Gasteiger charge is -2.44. The highest BCUT2D eigenvalue weighted by atomic mass is 16.7. The molecule has 0 radical (unpaired) electrons. The molecule has 11 nitrogen and oxygen atoms in total. The molecule has 1 aliphatic rings. The van der Waals surface area contributed by atoms with Gasteiger partial charge in [-0.3, -0.25) is 19.2 Å². The number of benzene rings is 1. The number of phenols is 1. The summed E-state index contributed by atoms with van der Waals surface area (Å²) in [6.07, 6.45) is -4.76. The molecule has 1 heterocycles. The number of carbonyl (C=O) groups excluding carboxylic acids is 4. The first-order chi connectivity index (χ1) is 16.2. The molecule has 2 N–H and O–H groups in total. The van der Waals surface area contributed by atoms with E-state index in [0.717, 1.165) is 13.8 Å². The Hall–Kier alpha value is -3.34. The quantitative estimate of drug-likeness (QED) is 0.423. The summed E-state index contributed by atoms with van der Waals surface area (Å²) in [7, 11) is 0. The Morgan fingerprint density at radius 3 is 2.09 bits per heavy atom. The number of phenolic OH excluding ortho intramolecular Hbond substituents is 1. The summed E-state index contributed by atoms with van der Waals surface area (Å²) in [5.41, 5.74) is 0.194. The van der Waals surface area contributed by atoms with Crippen LogP contribution in [-0.4, -0.2) is 66.2 Å². The van der Waals surface area contributed by atoms with Crippen LogP contribution in [0.3, 0.4) is 0 Å². The fourth-order valence-electron chi connectivity index (χ4n) is 3.71. The maximum Gasteiger partial charge on any atom is 0.303 e. The molecule has 35 heavy (non-hydrogen) atoms. The second-order valence-corrected chi connectivity index (χ2v) is 9.27. The van der Waals surface area contributed by atoms with Gasteiger partial charge >= 0.3 is 17.9 Å². The molecule has 1 amide bonds.